The van der Waals surface area contributed by atoms with Crippen molar-refractivity contribution in [3.63, 3.8) is 0 Å². The van der Waals surface area contributed by atoms with Crippen LogP contribution in [0, 0.1) is 18.8 Å². The maximum atomic E-state index is 13.6. The van der Waals surface area contributed by atoms with E-state index in [4.69, 9.17) is 14.6 Å². The fraction of sp³-hybridized carbons (Fsp3) is 0.542. The van der Waals surface area contributed by atoms with Gasteiger partial charge in [0.15, 0.2) is 14.6 Å². The van der Waals surface area contributed by atoms with Crippen molar-refractivity contribution in [1.29, 1.82) is 0 Å². The molecule has 2 aliphatic rings. The second-order valence-corrected chi connectivity index (χ2v) is 13.3. The molecule has 2 fully saturated rings. The van der Waals surface area contributed by atoms with E-state index in [1.807, 2.05) is 6.92 Å². The monoisotopic (exact) mass is 519 g/mol. The van der Waals surface area contributed by atoms with E-state index in [1.165, 1.54) is 38.4 Å². The number of sulfone groups is 1. The summed E-state index contributed by atoms with van der Waals surface area (Å²) in [6.45, 7) is 4.46. The number of imidazole rings is 1. The van der Waals surface area contributed by atoms with Crippen molar-refractivity contribution in [1.82, 2.24) is 14.6 Å². The van der Waals surface area contributed by atoms with Crippen LogP contribution in [0.4, 0.5) is 0 Å². The lowest BCUT2D eigenvalue weighted by atomic mass is 9.93. The molecule has 0 amide bonds. The zero-order chi connectivity index (χ0) is 25.3. The van der Waals surface area contributed by atoms with E-state index in [0.717, 1.165) is 32.8 Å². The third kappa shape index (κ3) is 3.58. The van der Waals surface area contributed by atoms with Crippen molar-refractivity contribution in [3.05, 3.63) is 28.9 Å². The number of fused-ring (bicyclic) bond motifs is 1. The molecule has 5 rings (SSSR count). The molecule has 2 aliphatic carbocycles. The second-order valence-electron chi connectivity index (χ2n) is 9.89. The predicted molar refractivity (Wildman–Crippen MR) is 130 cm³/mol. The number of ether oxygens (including phenoxy) is 2. The van der Waals surface area contributed by atoms with E-state index in [0.29, 0.717) is 26.9 Å². The number of aliphatic hydroxyl groups is 1. The zero-order valence-corrected chi connectivity index (χ0v) is 22.0. The first-order valence-electron chi connectivity index (χ1n) is 11.6. The number of methoxy groups -OCH3 is 2. The highest BCUT2D eigenvalue weighted by Crippen LogP contribution is 2.58. The Labute approximate surface area is 208 Å². The van der Waals surface area contributed by atoms with Crippen LogP contribution in [0.1, 0.15) is 50.2 Å². The number of carbonyl (C=O) groups is 1. The maximum Gasteiger partial charge on any atom is 0.327 e. The largest absolute Gasteiger partial charge is 0.495 e. The number of hydrogen-bond donors (Lipinski definition) is 1. The van der Waals surface area contributed by atoms with E-state index in [-0.39, 0.29) is 22.5 Å². The molecule has 9 nitrogen and oxygen atoms in total. The van der Waals surface area contributed by atoms with Crippen LogP contribution >= 0.6 is 11.3 Å². The summed E-state index contributed by atoms with van der Waals surface area (Å²) in [5.74, 6) is -0.279. The van der Waals surface area contributed by atoms with E-state index in [2.05, 4.69) is 4.98 Å². The van der Waals surface area contributed by atoms with Crippen molar-refractivity contribution < 1.29 is 27.8 Å². The van der Waals surface area contributed by atoms with Crippen LogP contribution < -0.4 is 4.74 Å². The number of benzene rings is 1. The van der Waals surface area contributed by atoms with Gasteiger partial charge in [0.05, 0.1) is 25.6 Å². The number of carbonyl (C=O) groups excluding carboxylic acids is 1. The molecule has 0 aliphatic heterocycles. The first-order chi connectivity index (χ1) is 16.5. The standard InChI is InChI=1S/C24H29N3O6S2/c1-13-19(27-22(25-13)34-20(26-27)24(29,15-7-8-15)16-9-10-16)14-6-11-17(32-4)18(12-14)35(30,31)23(2,3)21(28)33-5/h6,11-12,15-16,29H,7-10H2,1-5H3. The molecule has 188 valence electrons. The molecule has 3 aromatic rings. The van der Waals surface area contributed by atoms with Gasteiger partial charge >= 0.3 is 5.97 Å². The van der Waals surface area contributed by atoms with Crippen molar-refractivity contribution in [3.8, 4) is 17.0 Å². The highest BCUT2D eigenvalue weighted by atomic mass is 32.2. The van der Waals surface area contributed by atoms with Crippen LogP contribution in [0.3, 0.4) is 0 Å². The molecule has 2 aromatic heterocycles. The van der Waals surface area contributed by atoms with E-state index < -0.39 is 26.2 Å². The summed E-state index contributed by atoms with van der Waals surface area (Å²) in [5, 5.41) is 17.0. The first kappa shape index (κ1) is 24.2. The highest BCUT2D eigenvalue weighted by molar-refractivity contribution is 7.93. The van der Waals surface area contributed by atoms with Gasteiger partial charge < -0.3 is 14.6 Å². The molecule has 1 N–H and O–H groups in total. The van der Waals surface area contributed by atoms with Crippen molar-refractivity contribution >= 4 is 32.1 Å². The minimum absolute atomic E-state index is 0.120. The van der Waals surface area contributed by atoms with E-state index in [1.54, 1.807) is 16.6 Å². The zero-order valence-electron chi connectivity index (χ0n) is 20.4. The SMILES string of the molecule is COC(=O)C(C)(C)S(=O)(=O)c1cc(-c2c(C)nc3sc(C(O)(C4CC4)C4CC4)nn23)ccc1OC. The molecule has 35 heavy (non-hydrogen) atoms. The van der Waals surface area contributed by atoms with Gasteiger partial charge in [-0.25, -0.2) is 17.9 Å². The number of rotatable bonds is 8. The van der Waals surface area contributed by atoms with Gasteiger partial charge in [0.1, 0.15) is 21.3 Å². The first-order valence-corrected chi connectivity index (χ1v) is 13.9. The van der Waals surface area contributed by atoms with E-state index >= 15 is 0 Å². The van der Waals surface area contributed by atoms with Gasteiger partial charge in [-0.3, -0.25) is 4.79 Å². The van der Waals surface area contributed by atoms with Gasteiger partial charge in [-0.15, -0.1) is 0 Å². The summed E-state index contributed by atoms with van der Waals surface area (Å²) in [6.07, 6.45) is 3.99. The minimum atomic E-state index is -4.18. The fourth-order valence-corrected chi connectivity index (χ4v) is 7.48. The fourth-order valence-electron chi connectivity index (χ4n) is 4.74. The summed E-state index contributed by atoms with van der Waals surface area (Å²) in [6, 6.07) is 4.79. The lowest BCUT2D eigenvalue weighted by molar-refractivity contribution is -0.142. The van der Waals surface area contributed by atoms with Gasteiger partial charge in [-0.2, -0.15) is 5.10 Å². The number of esters is 1. The smallest absolute Gasteiger partial charge is 0.327 e. The number of aryl methyl sites for hydroxylation is 1. The lowest BCUT2D eigenvalue weighted by Crippen LogP contribution is -2.41. The van der Waals surface area contributed by atoms with Crippen LogP contribution in [0.5, 0.6) is 5.75 Å². The van der Waals surface area contributed by atoms with Crippen LogP contribution in [-0.4, -0.2) is 53.1 Å². The van der Waals surface area contributed by atoms with E-state index in [9.17, 15) is 18.3 Å². The number of hydrogen-bond acceptors (Lipinski definition) is 9. The summed E-state index contributed by atoms with van der Waals surface area (Å²) < 4.78 is 37.1. The van der Waals surface area contributed by atoms with Gasteiger partial charge in [0, 0.05) is 5.56 Å². The van der Waals surface area contributed by atoms with Gasteiger partial charge in [-0.05, 0) is 76.5 Å². The molecular formula is C24H29N3O6S2. The molecule has 0 radical (unpaired) electrons. The number of nitrogens with zero attached hydrogens (tertiary/aromatic N) is 3. The molecule has 0 spiro atoms. The molecule has 1 aromatic carbocycles. The predicted octanol–water partition coefficient (Wildman–Crippen LogP) is 3.51. The summed E-state index contributed by atoms with van der Waals surface area (Å²) in [4.78, 5) is 17.5. The molecule has 2 heterocycles. The van der Waals surface area contributed by atoms with Crippen LogP contribution in [0.2, 0.25) is 0 Å². The van der Waals surface area contributed by atoms with Crippen LogP contribution in [0.15, 0.2) is 23.1 Å². The van der Waals surface area contributed by atoms with Crippen molar-refractivity contribution in [2.24, 2.45) is 11.8 Å². The normalized spacial score (nSPS) is 17.1. The third-order valence-electron chi connectivity index (χ3n) is 7.20. The summed E-state index contributed by atoms with van der Waals surface area (Å²) in [5.41, 5.74) is 0.951. The second kappa shape index (κ2) is 8.01. The number of aromatic nitrogens is 3. The van der Waals surface area contributed by atoms with Gasteiger partial charge in [-0.1, -0.05) is 11.3 Å². The minimum Gasteiger partial charge on any atom is -0.495 e. The Morgan fingerprint density at radius 3 is 2.34 bits per heavy atom. The lowest BCUT2D eigenvalue weighted by Gasteiger charge is -2.25. The Bertz CT molecular complexity index is 1420. The molecule has 0 saturated heterocycles. The molecule has 0 bridgehead atoms. The highest BCUT2D eigenvalue weighted by Gasteiger charge is 2.56. The van der Waals surface area contributed by atoms with Crippen molar-refractivity contribution in [2.75, 3.05) is 14.2 Å². The Morgan fingerprint density at radius 1 is 1.17 bits per heavy atom. The molecule has 2 saturated carbocycles. The Morgan fingerprint density at radius 2 is 1.80 bits per heavy atom. The average Bonchev–Trinajstić information content (AvgIpc) is 3.75. The summed E-state index contributed by atoms with van der Waals surface area (Å²) >= 11 is 1.39. The Balaban J connectivity index is 1.65. The summed E-state index contributed by atoms with van der Waals surface area (Å²) in [7, 11) is -1.65. The molecule has 11 heteroatoms. The molecule has 0 atom stereocenters. The molecule has 0 unspecified atom stereocenters. The van der Waals surface area contributed by atoms with Crippen LogP contribution in [-0.2, 0) is 25.0 Å². The Kier molecular flexibility index (Phi) is 5.54. The maximum absolute atomic E-state index is 13.6. The van der Waals surface area contributed by atoms with Gasteiger partial charge in [0.2, 0.25) is 4.96 Å². The topological polar surface area (TPSA) is 120 Å². The van der Waals surface area contributed by atoms with Gasteiger partial charge in [0.25, 0.3) is 0 Å². The third-order valence-corrected chi connectivity index (χ3v) is 10.7. The Hall–Kier alpha value is -2.50. The quantitative estimate of drug-likeness (QED) is 0.449. The molecular weight excluding hydrogens is 490 g/mol. The van der Waals surface area contributed by atoms with Crippen molar-refractivity contribution in [2.45, 2.75) is 61.7 Å². The van der Waals surface area contributed by atoms with Crippen LogP contribution in [0.25, 0.3) is 16.2 Å². The average molecular weight is 520 g/mol.